The lowest BCUT2D eigenvalue weighted by atomic mass is 9.85. The monoisotopic (exact) mass is 562 g/mol. The van der Waals surface area contributed by atoms with Gasteiger partial charge in [-0.3, -0.25) is 0 Å². The summed E-state index contributed by atoms with van der Waals surface area (Å²) in [7, 11) is 0. The maximum atomic E-state index is 2.40. The van der Waals surface area contributed by atoms with Gasteiger partial charge in [0, 0.05) is 20.2 Å². The third-order valence-electron chi connectivity index (χ3n) is 8.86. The molecule has 8 aromatic carbocycles. The van der Waals surface area contributed by atoms with Crippen molar-refractivity contribution in [2.24, 2.45) is 0 Å². The first-order valence-corrected chi connectivity index (χ1v) is 15.6. The van der Waals surface area contributed by atoms with Crippen LogP contribution in [0.25, 0.3) is 85.9 Å². The van der Waals surface area contributed by atoms with Gasteiger partial charge in [0.1, 0.15) is 0 Å². The SMILES string of the molecule is c1ccc2cc(-c3ccc(-c4c5ccccc5c(-c5ccc6c(c5)sc5ccccc56)c5ccccc45)cc3)ccc2c1. The molecule has 9 aromatic rings. The van der Waals surface area contributed by atoms with E-state index in [-0.39, 0.29) is 0 Å². The summed E-state index contributed by atoms with van der Waals surface area (Å²) in [6.07, 6.45) is 0. The lowest BCUT2D eigenvalue weighted by Crippen LogP contribution is -1.91. The minimum Gasteiger partial charge on any atom is -0.135 e. The van der Waals surface area contributed by atoms with Crippen LogP contribution in [0.4, 0.5) is 0 Å². The van der Waals surface area contributed by atoms with E-state index in [1.165, 1.54) is 85.9 Å². The number of rotatable bonds is 3. The van der Waals surface area contributed by atoms with E-state index in [2.05, 4.69) is 158 Å². The molecule has 9 rings (SSSR count). The first-order chi connectivity index (χ1) is 21.3. The van der Waals surface area contributed by atoms with Gasteiger partial charge in [-0.1, -0.05) is 140 Å². The van der Waals surface area contributed by atoms with E-state index in [0.29, 0.717) is 0 Å². The summed E-state index contributed by atoms with van der Waals surface area (Å²) >= 11 is 1.88. The van der Waals surface area contributed by atoms with Crippen LogP contribution in [0.5, 0.6) is 0 Å². The standard InChI is InChI=1S/C42H26S/c1-2-10-30-25-31(22-19-27(30)9-1)28-17-20-29(21-18-28)41-35-12-3-5-14-37(35)42(38-15-6-4-13-36(38)41)32-23-24-34-33-11-7-8-16-39(33)43-40(34)26-32/h1-26H. The summed E-state index contributed by atoms with van der Waals surface area (Å²) in [6, 6.07) is 58.0. The fourth-order valence-corrected chi connectivity index (χ4v) is 7.98. The van der Waals surface area contributed by atoms with Gasteiger partial charge in [0.05, 0.1) is 0 Å². The predicted molar refractivity (Wildman–Crippen MR) is 188 cm³/mol. The predicted octanol–water partition coefficient (Wildman–Crippen LogP) is 12.5. The topological polar surface area (TPSA) is 0 Å². The van der Waals surface area contributed by atoms with Crippen LogP contribution < -0.4 is 0 Å². The second-order valence-corrected chi connectivity index (χ2v) is 12.4. The fourth-order valence-electron chi connectivity index (χ4n) is 6.83. The highest BCUT2D eigenvalue weighted by molar-refractivity contribution is 7.25. The summed E-state index contributed by atoms with van der Waals surface area (Å²) < 4.78 is 2.67. The van der Waals surface area contributed by atoms with Gasteiger partial charge in [0.15, 0.2) is 0 Å². The van der Waals surface area contributed by atoms with Gasteiger partial charge in [0.2, 0.25) is 0 Å². The van der Waals surface area contributed by atoms with E-state index in [0.717, 1.165) is 0 Å². The van der Waals surface area contributed by atoms with Crippen LogP contribution in [0.15, 0.2) is 158 Å². The molecule has 0 aliphatic heterocycles. The van der Waals surface area contributed by atoms with Crippen molar-refractivity contribution in [3.05, 3.63) is 158 Å². The maximum Gasteiger partial charge on any atom is 0.0361 e. The number of hydrogen-bond donors (Lipinski definition) is 0. The molecule has 0 saturated carbocycles. The highest BCUT2D eigenvalue weighted by Crippen LogP contribution is 2.45. The Bertz CT molecular complexity index is 2440. The summed E-state index contributed by atoms with van der Waals surface area (Å²) in [5.74, 6) is 0. The zero-order valence-electron chi connectivity index (χ0n) is 23.4. The summed E-state index contributed by atoms with van der Waals surface area (Å²) in [6.45, 7) is 0. The van der Waals surface area contributed by atoms with Crippen LogP contribution in [0.3, 0.4) is 0 Å². The van der Waals surface area contributed by atoms with E-state index in [1.54, 1.807) is 0 Å². The molecule has 0 nitrogen and oxygen atoms in total. The Hall–Kier alpha value is -5.24. The number of hydrogen-bond acceptors (Lipinski definition) is 1. The Morgan fingerprint density at radius 1 is 0.279 bits per heavy atom. The average molecular weight is 563 g/mol. The van der Waals surface area contributed by atoms with Crippen molar-refractivity contribution in [3.8, 4) is 33.4 Å². The molecular weight excluding hydrogens is 537 g/mol. The van der Waals surface area contributed by atoms with Crippen molar-refractivity contribution in [1.82, 2.24) is 0 Å². The van der Waals surface area contributed by atoms with Crippen LogP contribution in [-0.4, -0.2) is 0 Å². The van der Waals surface area contributed by atoms with E-state index >= 15 is 0 Å². The molecule has 0 radical (unpaired) electrons. The molecule has 0 fully saturated rings. The minimum absolute atomic E-state index is 1.23. The molecule has 1 heterocycles. The molecule has 0 aliphatic carbocycles. The normalized spacial score (nSPS) is 11.7. The lowest BCUT2D eigenvalue weighted by Gasteiger charge is -2.18. The molecule has 0 atom stereocenters. The zero-order valence-corrected chi connectivity index (χ0v) is 24.2. The lowest BCUT2D eigenvalue weighted by molar-refractivity contribution is 1.63. The third kappa shape index (κ3) is 3.90. The Labute approximate surface area is 254 Å². The van der Waals surface area contributed by atoms with Gasteiger partial charge in [-0.25, -0.2) is 0 Å². The zero-order chi connectivity index (χ0) is 28.3. The number of thiophene rings is 1. The smallest absolute Gasteiger partial charge is 0.0361 e. The summed E-state index contributed by atoms with van der Waals surface area (Å²) in [5.41, 5.74) is 7.58. The average Bonchev–Trinajstić information content (AvgIpc) is 3.45. The van der Waals surface area contributed by atoms with Gasteiger partial charge in [-0.05, 0) is 83.9 Å². The molecule has 0 unspecified atom stereocenters. The van der Waals surface area contributed by atoms with Crippen molar-refractivity contribution < 1.29 is 0 Å². The van der Waals surface area contributed by atoms with Gasteiger partial charge in [-0.15, -0.1) is 11.3 Å². The van der Waals surface area contributed by atoms with Crippen molar-refractivity contribution in [3.63, 3.8) is 0 Å². The molecule has 43 heavy (non-hydrogen) atoms. The van der Waals surface area contributed by atoms with Crippen molar-refractivity contribution in [2.75, 3.05) is 0 Å². The van der Waals surface area contributed by atoms with Crippen LogP contribution in [0.1, 0.15) is 0 Å². The first kappa shape index (κ1) is 24.4. The summed E-state index contributed by atoms with van der Waals surface area (Å²) in [5, 5.41) is 10.4. The van der Waals surface area contributed by atoms with E-state index in [9.17, 15) is 0 Å². The minimum atomic E-state index is 1.23. The Morgan fingerprint density at radius 3 is 1.47 bits per heavy atom. The number of benzene rings is 8. The Kier molecular flexibility index (Phi) is 5.47. The Balaban J connectivity index is 1.24. The summed E-state index contributed by atoms with van der Waals surface area (Å²) in [4.78, 5) is 0. The van der Waals surface area contributed by atoms with Gasteiger partial charge in [-0.2, -0.15) is 0 Å². The second-order valence-electron chi connectivity index (χ2n) is 11.3. The van der Waals surface area contributed by atoms with Gasteiger partial charge < -0.3 is 0 Å². The highest BCUT2D eigenvalue weighted by atomic mass is 32.1. The molecule has 0 spiro atoms. The third-order valence-corrected chi connectivity index (χ3v) is 9.99. The molecule has 0 bridgehead atoms. The van der Waals surface area contributed by atoms with E-state index in [1.807, 2.05) is 11.3 Å². The molecule has 1 aromatic heterocycles. The van der Waals surface area contributed by atoms with Gasteiger partial charge >= 0.3 is 0 Å². The van der Waals surface area contributed by atoms with Crippen molar-refractivity contribution in [2.45, 2.75) is 0 Å². The molecule has 0 aliphatic rings. The second kappa shape index (κ2) is 9.66. The first-order valence-electron chi connectivity index (χ1n) is 14.8. The highest BCUT2D eigenvalue weighted by Gasteiger charge is 2.17. The molecule has 0 N–H and O–H groups in total. The quantitative estimate of drug-likeness (QED) is 0.188. The van der Waals surface area contributed by atoms with Crippen molar-refractivity contribution >= 4 is 63.8 Å². The molecule has 0 amide bonds. The van der Waals surface area contributed by atoms with E-state index < -0.39 is 0 Å². The maximum absolute atomic E-state index is 2.40. The van der Waals surface area contributed by atoms with Crippen LogP contribution >= 0.6 is 11.3 Å². The van der Waals surface area contributed by atoms with Crippen LogP contribution in [0.2, 0.25) is 0 Å². The molecule has 1 heteroatoms. The fraction of sp³-hybridized carbons (Fsp3) is 0. The van der Waals surface area contributed by atoms with Crippen LogP contribution in [-0.2, 0) is 0 Å². The largest absolute Gasteiger partial charge is 0.135 e. The Morgan fingerprint density at radius 2 is 0.767 bits per heavy atom. The molecule has 0 saturated heterocycles. The van der Waals surface area contributed by atoms with Crippen LogP contribution in [0, 0.1) is 0 Å². The molecule has 200 valence electrons. The van der Waals surface area contributed by atoms with E-state index in [4.69, 9.17) is 0 Å². The van der Waals surface area contributed by atoms with Gasteiger partial charge in [0.25, 0.3) is 0 Å². The van der Waals surface area contributed by atoms with Crippen molar-refractivity contribution in [1.29, 1.82) is 0 Å². The molecular formula is C42H26S. The number of fused-ring (bicyclic) bond motifs is 6.